The van der Waals surface area contributed by atoms with E-state index in [0.717, 1.165) is 94.1 Å². The van der Waals surface area contributed by atoms with Gasteiger partial charge in [-0.1, -0.05) is 337 Å². The maximum absolute atomic E-state index is 9.42. The molecule has 0 atom stereocenters. The second-order valence-corrected chi connectivity index (χ2v) is 29.0. The Morgan fingerprint density at radius 1 is 0.218 bits per heavy atom. The van der Waals surface area contributed by atoms with Gasteiger partial charge in [-0.3, -0.25) is 0 Å². The summed E-state index contributed by atoms with van der Waals surface area (Å²) >= 11 is 3.59. The zero-order chi connectivity index (χ0) is 73.2. The predicted octanol–water partition coefficient (Wildman–Crippen LogP) is 29.4. The van der Waals surface area contributed by atoms with Crippen LogP contribution in [-0.2, 0) is 0 Å². The molecule has 0 bridgehead atoms. The highest BCUT2D eigenvalue weighted by atomic mass is 79.9. The average molecular weight is 1470 g/mol. The van der Waals surface area contributed by atoms with E-state index >= 15 is 0 Å². The molecule has 0 spiro atoms. The van der Waals surface area contributed by atoms with Crippen LogP contribution >= 0.6 is 15.9 Å². The molecule has 4 nitrogen and oxygen atoms in total. The van der Waals surface area contributed by atoms with Crippen molar-refractivity contribution >= 4 is 154 Å². The molecule has 22 aromatic rings. The highest BCUT2D eigenvalue weighted by Crippen LogP contribution is 2.49. The van der Waals surface area contributed by atoms with Gasteiger partial charge >= 0.3 is 7.69 Å². The Labute approximate surface area is 644 Å². The first kappa shape index (κ1) is 65.9. The zero-order valence-electron chi connectivity index (χ0n) is 59.6. The van der Waals surface area contributed by atoms with Gasteiger partial charge in [0.1, 0.15) is 28.1 Å². The molecule has 110 heavy (non-hydrogen) atoms. The van der Waals surface area contributed by atoms with Gasteiger partial charge in [0.15, 0.2) is 0 Å². The molecule has 0 amide bonds. The van der Waals surface area contributed by atoms with Crippen molar-refractivity contribution in [3.8, 4) is 83.6 Å². The summed E-state index contributed by atoms with van der Waals surface area (Å²) in [5.74, 6) is 0.665. The Balaban J connectivity index is 0.000000118. The third kappa shape index (κ3) is 11.7. The summed E-state index contributed by atoms with van der Waals surface area (Å²) in [6.07, 6.45) is 0. The minimum absolute atomic E-state index is 0.665. The highest BCUT2D eigenvalue weighted by molar-refractivity contribution is 9.10. The first-order chi connectivity index (χ1) is 54.4. The summed E-state index contributed by atoms with van der Waals surface area (Å²) in [7, 11) is 0.758. The van der Waals surface area contributed by atoms with Crippen LogP contribution in [0.15, 0.2) is 402 Å². The molecule has 0 aliphatic rings. The first-order valence-corrected chi connectivity index (χ1v) is 37.9. The second-order valence-electron chi connectivity index (χ2n) is 28.1. The third-order valence-electron chi connectivity index (χ3n) is 21.8. The van der Waals surface area contributed by atoms with Crippen molar-refractivity contribution in [2.45, 2.75) is 0 Å². The quantitative estimate of drug-likeness (QED) is 0.116. The Kier molecular flexibility index (Phi) is 16.7. The largest absolute Gasteiger partial charge is 0.569 e. The molecule has 20 aromatic carbocycles. The van der Waals surface area contributed by atoms with E-state index in [2.05, 4.69) is 350 Å². The molecule has 0 saturated heterocycles. The van der Waals surface area contributed by atoms with Gasteiger partial charge in [-0.2, -0.15) is 0 Å². The van der Waals surface area contributed by atoms with E-state index in [9.17, 15) is 5.02 Å². The molecule has 6 heteroatoms. The Morgan fingerprint density at radius 2 is 0.518 bits per heavy atom. The van der Waals surface area contributed by atoms with Crippen LogP contribution in [0.5, 0.6) is 5.75 Å². The van der Waals surface area contributed by atoms with Crippen molar-refractivity contribution in [2.24, 2.45) is 0 Å². The number of para-hydroxylation sites is 2. The van der Waals surface area contributed by atoms with Gasteiger partial charge in [-0.25, -0.2) is 0 Å². The fraction of sp³-hybridized carbons (Fsp3) is 0. The van der Waals surface area contributed by atoms with E-state index in [1.165, 1.54) is 126 Å². The van der Waals surface area contributed by atoms with Gasteiger partial charge < -0.3 is 18.5 Å². The lowest BCUT2D eigenvalue weighted by Gasteiger charge is -2.19. The molecule has 2 aromatic heterocycles. The van der Waals surface area contributed by atoms with Crippen molar-refractivity contribution in [1.29, 1.82) is 0 Å². The lowest BCUT2D eigenvalue weighted by atomic mass is 9.84. The standard InChI is InChI=1S/C52H32O.C30H20BO2.C22H13BrO/c1-2-14-34-29-36(28-27-33(34)13-1)35-15-11-17-38(30-35)50-42-21-4-6-23-44(42)51(45-24-7-5-22-43(45)50)39-18-12-16-37(31-39)47-32-48-41-20-9-10-26-49(41)53-52(48)46-25-8-3-19-40(46)47;32-31-33-30-27-14-5-3-12-25(27)29(26-13-4-6-15-28(26)30)24-11-7-10-22(19-24)23-17-16-20-8-1-2-9-21(20)18-23;23-15-7-5-6-14(12-15)19-13-20-17-9-3-4-11-21(17)24-22(20)18-10-2-1-8-16(18)19/h1-32H;1-19,32H;1-13H. The molecule has 0 saturated carbocycles. The Hall–Kier alpha value is -13.6. The van der Waals surface area contributed by atoms with Crippen LogP contribution in [0.25, 0.3) is 208 Å². The molecule has 515 valence electrons. The number of halogens is 1. The van der Waals surface area contributed by atoms with Crippen molar-refractivity contribution < 1.29 is 18.5 Å². The maximum atomic E-state index is 9.42. The summed E-state index contributed by atoms with van der Waals surface area (Å²) in [5, 5.41) is 32.8. The highest BCUT2D eigenvalue weighted by Gasteiger charge is 2.22. The molecular weight excluding hydrogens is 1400 g/mol. The van der Waals surface area contributed by atoms with Gasteiger partial charge in [0.05, 0.1) is 0 Å². The van der Waals surface area contributed by atoms with E-state index in [-0.39, 0.29) is 0 Å². The van der Waals surface area contributed by atoms with Gasteiger partial charge in [0, 0.05) is 47.6 Å². The van der Waals surface area contributed by atoms with Gasteiger partial charge in [-0.15, -0.1) is 0 Å². The second kappa shape index (κ2) is 27.9. The molecule has 0 aliphatic heterocycles. The number of hydrogen-bond donors (Lipinski definition) is 1. The van der Waals surface area contributed by atoms with Crippen LogP contribution in [0.1, 0.15) is 0 Å². The summed E-state index contributed by atoms with van der Waals surface area (Å²) in [4.78, 5) is 0. The van der Waals surface area contributed by atoms with E-state index in [1.807, 2.05) is 54.6 Å². The summed E-state index contributed by atoms with van der Waals surface area (Å²) in [5.41, 5.74) is 20.6. The van der Waals surface area contributed by atoms with Gasteiger partial charge in [0.2, 0.25) is 0 Å². The minimum atomic E-state index is 0.665. The lowest BCUT2D eigenvalue weighted by Crippen LogP contribution is -2.02. The fourth-order valence-electron chi connectivity index (χ4n) is 16.8. The fourth-order valence-corrected chi connectivity index (χ4v) is 17.2. The minimum Gasteiger partial charge on any atom is -0.537 e. The first-order valence-electron chi connectivity index (χ1n) is 37.1. The number of benzene rings is 20. The lowest BCUT2D eigenvalue weighted by molar-refractivity contribution is 0.459. The summed E-state index contributed by atoms with van der Waals surface area (Å²) < 4.78 is 19.3. The molecular formula is C104H65BBrO4. The number of fused-ring (bicyclic) bond motifs is 16. The van der Waals surface area contributed by atoms with Crippen LogP contribution in [0, 0.1) is 0 Å². The van der Waals surface area contributed by atoms with E-state index in [1.54, 1.807) is 0 Å². The van der Waals surface area contributed by atoms with Crippen LogP contribution in [0.3, 0.4) is 0 Å². The number of rotatable bonds is 9. The number of hydrogen-bond acceptors (Lipinski definition) is 4. The van der Waals surface area contributed by atoms with Crippen molar-refractivity contribution in [1.82, 2.24) is 0 Å². The Morgan fingerprint density at radius 3 is 0.927 bits per heavy atom. The predicted molar refractivity (Wildman–Crippen MR) is 468 cm³/mol. The molecule has 1 N–H and O–H groups in total. The van der Waals surface area contributed by atoms with E-state index in [0.29, 0.717) is 5.75 Å². The summed E-state index contributed by atoms with van der Waals surface area (Å²) in [6, 6.07) is 138. The molecule has 0 unspecified atom stereocenters. The average Bonchev–Trinajstić information content (AvgIpc) is 1.51. The van der Waals surface area contributed by atoms with Crippen LogP contribution < -0.4 is 4.65 Å². The molecule has 1 radical (unpaired) electrons. The summed E-state index contributed by atoms with van der Waals surface area (Å²) in [6.45, 7) is 0. The van der Waals surface area contributed by atoms with E-state index < -0.39 is 0 Å². The van der Waals surface area contributed by atoms with Gasteiger partial charge in [0.25, 0.3) is 0 Å². The van der Waals surface area contributed by atoms with Crippen LogP contribution in [0.2, 0.25) is 0 Å². The van der Waals surface area contributed by atoms with Crippen LogP contribution in [0.4, 0.5) is 0 Å². The maximum Gasteiger partial charge on any atom is 0.569 e. The topological polar surface area (TPSA) is 55.7 Å². The molecule has 2 heterocycles. The zero-order valence-corrected chi connectivity index (χ0v) is 61.2. The third-order valence-corrected chi connectivity index (χ3v) is 22.3. The molecule has 22 rings (SSSR count). The normalized spacial score (nSPS) is 11.5. The van der Waals surface area contributed by atoms with Crippen molar-refractivity contribution in [3.05, 3.63) is 393 Å². The monoisotopic (exact) mass is 1470 g/mol. The SMILES string of the molecule is Brc1cccc(-c2cc3c4ccccc4oc3c3ccccc23)c1.O[B]Oc1c2ccccc2c(-c2cccc(-c3ccc4ccccc4c3)c2)c2ccccc12.c1cc(-c2ccc3ccccc3c2)cc(-c2c3ccccc3c(-c3cccc(-c4cc5c6ccccc6oc5c5ccccc45)c3)c3ccccc23)c1. The van der Waals surface area contributed by atoms with Crippen LogP contribution in [-0.4, -0.2) is 12.7 Å². The van der Waals surface area contributed by atoms with Crippen molar-refractivity contribution in [2.75, 3.05) is 0 Å². The van der Waals surface area contributed by atoms with Gasteiger partial charge in [-0.05, 0) is 209 Å². The smallest absolute Gasteiger partial charge is 0.537 e. The molecule has 0 aliphatic carbocycles. The number of furan rings is 2. The molecule has 0 fully saturated rings. The van der Waals surface area contributed by atoms with Crippen molar-refractivity contribution in [3.63, 3.8) is 0 Å². The Bertz CT molecular complexity index is 7300. The van der Waals surface area contributed by atoms with E-state index in [4.69, 9.17) is 13.5 Å².